The molecule has 5 N–H and O–H groups in total. The van der Waals surface area contributed by atoms with Gasteiger partial charge in [-0.3, -0.25) is 0 Å². The lowest BCUT2D eigenvalue weighted by molar-refractivity contribution is -0.197. The Hall–Kier alpha value is -1.80. The van der Waals surface area contributed by atoms with Crippen LogP contribution in [0.3, 0.4) is 0 Å². The van der Waals surface area contributed by atoms with E-state index in [9.17, 15) is 20.4 Å². The molecule has 0 radical (unpaired) electrons. The van der Waals surface area contributed by atoms with Crippen molar-refractivity contribution in [3.63, 3.8) is 0 Å². The van der Waals surface area contributed by atoms with E-state index < -0.39 is 36.6 Å². The fourth-order valence-corrected chi connectivity index (χ4v) is 3.25. The number of hydrogen-bond donors (Lipinski definition) is 5. The van der Waals surface area contributed by atoms with Crippen molar-refractivity contribution in [2.24, 2.45) is 0 Å². The summed E-state index contributed by atoms with van der Waals surface area (Å²) in [6.45, 7) is 1.32. The van der Waals surface area contributed by atoms with Gasteiger partial charge < -0.3 is 30.3 Å². The highest BCUT2D eigenvalue weighted by atomic mass is 16.5. The van der Waals surface area contributed by atoms with Crippen LogP contribution in [0.1, 0.15) is 24.5 Å². The number of hydrogen-bond acceptors (Lipinski definition) is 6. The van der Waals surface area contributed by atoms with E-state index in [0.717, 1.165) is 11.1 Å². The first-order valence-electron chi connectivity index (χ1n) is 9.48. The fraction of sp³-hybridized carbons (Fsp3) is 0.455. The summed E-state index contributed by atoms with van der Waals surface area (Å²) in [7, 11) is 0. The Morgan fingerprint density at radius 2 is 1.36 bits per heavy atom. The summed E-state index contributed by atoms with van der Waals surface area (Å²) in [5, 5.41) is 50.2. The van der Waals surface area contributed by atoms with E-state index in [-0.39, 0.29) is 6.61 Å². The van der Waals surface area contributed by atoms with Crippen molar-refractivity contribution in [2.45, 2.75) is 56.4 Å². The molecule has 2 aromatic rings. The predicted octanol–water partition coefficient (Wildman–Crippen LogP) is 1.03. The number of ether oxygens (including phenoxy) is 1. The molecule has 0 heterocycles. The van der Waals surface area contributed by atoms with E-state index >= 15 is 0 Å². The third-order valence-corrected chi connectivity index (χ3v) is 5.11. The van der Waals surface area contributed by atoms with Crippen LogP contribution in [0.25, 0.3) is 0 Å². The molecule has 0 saturated carbocycles. The Labute approximate surface area is 165 Å². The first-order chi connectivity index (χ1) is 13.4. The van der Waals surface area contributed by atoms with Gasteiger partial charge in [-0.15, -0.1) is 0 Å². The SMILES string of the molecule is CCC(Cc1ccccc1)(OCc1ccccc1)C(O)C(O)C(O)C(O)CO. The average molecular weight is 390 g/mol. The number of rotatable bonds is 11. The van der Waals surface area contributed by atoms with E-state index in [1.54, 1.807) is 0 Å². The fourth-order valence-electron chi connectivity index (χ4n) is 3.25. The van der Waals surface area contributed by atoms with Crippen LogP contribution in [0, 0.1) is 0 Å². The minimum atomic E-state index is -1.71. The molecule has 0 fully saturated rings. The van der Waals surface area contributed by atoms with Gasteiger partial charge in [-0.05, 0) is 17.5 Å². The molecular weight excluding hydrogens is 360 g/mol. The van der Waals surface area contributed by atoms with E-state index in [1.165, 1.54) is 0 Å². The molecule has 0 aliphatic rings. The van der Waals surface area contributed by atoms with Crippen LogP contribution in [-0.2, 0) is 17.8 Å². The van der Waals surface area contributed by atoms with Gasteiger partial charge in [0.1, 0.15) is 30.0 Å². The van der Waals surface area contributed by atoms with Gasteiger partial charge in [0.15, 0.2) is 0 Å². The van der Waals surface area contributed by atoms with Gasteiger partial charge >= 0.3 is 0 Å². The molecule has 0 aromatic heterocycles. The Kier molecular flexibility index (Phi) is 8.57. The quantitative estimate of drug-likeness (QED) is 0.392. The molecule has 5 unspecified atom stereocenters. The van der Waals surface area contributed by atoms with Crippen molar-refractivity contribution in [3.8, 4) is 0 Å². The minimum absolute atomic E-state index is 0.212. The first-order valence-corrected chi connectivity index (χ1v) is 9.48. The van der Waals surface area contributed by atoms with Crippen molar-refractivity contribution in [2.75, 3.05) is 6.61 Å². The van der Waals surface area contributed by atoms with Crippen molar-refractivity contribution < 1.29 is 30.3 Å². The average Bonchev–Trinajstić information content (AvgIpc) is 2.76. The van der Waals surface area contributed by atoms with Crippen molar-refractivity contribution in [1.29, 1.82) is 0 Å². The van der Waals surface area contributed by atoms with E-state index in [2.05, 4.69) is 0 Å². The summed E-state index contributed by atoms with van der Waals surface area (Å²) in [5.74, 6) is 0. The molecule has 28 heavy (non-hydrogen) atoms. The highest BCUT2D eigenvalue weighted by Gasteiger charge is 2.45. The standard InChI is InChI=1S/C22H30O6/c1-2-22(13-16-9-5-3-6-10-16,28-15-17-11-7-4-8-12-17)21(27)20(26)19(25)18(24)14-23/h3-12,18-21,23-27H,2,13-15H2,1H3. The molecule has 154 valence electrons. The summed E-state index contributed by atoms with van der Waals surface area (Å²) in [4.78, 5) is 0. The van der Waals surface area contributed by atoms with E-state index in [1.807, 2.05) is 67.6 Å². The highest BCUT2D eigenvalue weighted by molar-refractivity contribution is 5.19. The molecule has 0 amide bonds. The normalized spacial score (nSPS) is 18.1. The van der Waals surface area contributed by atoms with Gasteiger partial charge in [-0.2, -0.15) is 0 Å². The monoisotopic (exact) mass is 390 g/mol. The molecular formula is C22H30O6. The predicted molar refractivity (Wildman–Crippen MR) is 106 cm³/mol. The number of benzene rings is 2. The second kappa shape index (κ2) is 10.7. The maximum atomic E-state index is 11.0. The lowest BCUT2D eigenvalue weighted by atomic mass is 9.81. The molecule has 5 atom stereocenters. The van der Waals surface area contributed by atoms with Crippen LogP contribution in [0.15, 0.2) is 60.7 Å². The van der Waals surface area contributed by atoms with Gasteiger partial charge in [-0.25, -0.2) is 0 Å². The summed E-state index contributed by atoms with van der Waals surface area (Å²) in [6.07, 6.45) is -5.79. The van der Waals surface area contributed by atoms with E-state index in [4.69, 9.17) is 9.84 Å². The molecule has 6 heteroatoms. The van der Waals surface area contributed by atoms with Gasteiger partial charge in [0.25, 0.3) is 0 Å². The third kappa shape index (κ3) is 5.61. The zero-order valence-electron chi connectivity index (χ0n) is 16.1. The summed E-state index contributed by atoms with van der Waals surface area (Å²) in [5.41, 5.74) is 0.610. The van der Waals surface area contributed by atoms with Crippen LogP contribution >= 0.6 is 0 Å². The number of aliphatic hydroxyl groups is 5. The summed E-state index contributed by atoms with van der Waals surface area (Å²) >= 11 is 0. The van der Waals surface area contributed by atoms with Crippen molar-refractivity contribution in [3.05, 3.63) is 71.8 Å². The van der Waals surface area contributed by atoms with Crippen molar-refractivity contribution in [1.82, 2.24) is 0 Å². The Balaban J connectivity index is 2.29. The molecule has 0 saturated heterocycles. The lowest BCUT2D eigenvalue weighted by Crippen LogP contribution is -2.57. The minimum Gasteiger partial charge on any atom is -0.394 e. The van der Waals surface area contributed by atoms with Crippen LogP contribution in [0.4, 0.5) is 0 Å². The highest BCUT2D eigenvalue weighted by Crippen LogP contribution is 2.30. The maximum Gasteiger partial charge on any atom is 0.112 e. The maximum absolute atomic E-state index is 11.0. The largest absolute Gasteiger partial charge is 0.394 e. The van der Waals surface area contributed by atoms with Crippen LogP contribution in [0.5, 0.6) is 0 Å². The second-order valence-corrected chi connectivity index (χ2v) is 7.03. The molecule has 6 nitrogen and oxygen atoms in total. The molecule has 0 spiro atoms. The Morgan fingerprint density at radius 1 is 0.821 bits per heavy atom. The molecule has 0 aliphatic carbocycles. The van der Waals surface area contributed by atoms with Gasteiger partial charge in [0, 0.05) is 6.42 Å². The third-order valence-electron chi connectivity index (χ3n) is 5.11. The van der Waals surface area contributed by atoms with Gasteiger partial charge in [0.05, 0.1) is 13.2 Å². The number of aliphatic hydroxyl groups excluding tert-OH is 5. The molecule has 0 aliphatic heterocycles. The summed E-state index contributed by atoms with van der Waals surface area (Å²) in [6, 6.07) is 18.9. The zero-order chi connectivity index (χ0) is 20.6. The first kappa shape index (κ1) is 22.5. The topological polar surface area (TPSA) is 110 Å². The second-order valence-electron chi connectivity index (χ2n) is 7.03. The van der Waals surface area contributed by atoms with Crippen LogP contribution in [0.2, 0.25) is 0 Å². The Morgan fingerprint density at radius 3 is 1.86 bits per heavy atom. The zero-order valence-corrected chi connectivity index (χ0v) is 16.1. The molecule has 0 bridgehead atoms. The van der Waals surface area contributed by atoms with Crippen LogP contribution in [-0.4, -0.2) is 62.2 Å². The smallest absolute Gasteiger partial charge is 0.112 e. The Bertz CT molecular complexity index is 680. The van der Waals surface area contributed by atoms with Crippen molar-refractivity contribution >= 4 is 0 Å². The molecule has 2 rings (SSSR count). The van der Waals surface area contributed by atoms with Gasteiger partial charge in [-0.1, -0.05) is 67.6 Å². The van der Waals surface area contributed by atoms with E-state index in [0.29, 0.717) is 12.8 Å². The molecule has 2 aromatic carbocycles. The van der Waals surface area contributed by atoms with Gasteiger partial charge in [0.2, 0.25) is 0 Å². The summed E-state index contributed by atoms with van der Waals surface area (Å²) < 4.78 is 6.15. The van der Waals surface area contributed by atoms with Crippen LogP contribution < -0.4 is 0 Å². The lowest BCUT2D eigenvalue weighted by Gasteiger charge is -2.41.